The molecule has 0 aliphatic heterocycles. The number of anilines is 1. The summed E-state index contributed by atoms with van der Waals surface area (Å²) in [5.41, 5.74) is 0.932. The molecule has 0 spiro atoms. The van der Waals surface area contributed by atoms with Crippen LogP contribution in [0.25, 0.3) is 10.6 Å². The molecule has 134 valence electrons. The minimum Gasteiger partial charge on any atom is -0.497 e. The standard InChI is InChI=1S/C18H16ClN3O2S2/c1-24-14-6-2-12(3-7-14)17-21-22-18(26-17)20-16(23)10-11-25-15-8-4-13(19)5-9-15/h2-9H,10-11H2,1H3,(H,20,22,23). The number of methoxy groups -OCH3 is 1. The van der Waals surface area contributed by atoms with Gasteiger partial charge in [0.15, 0.2) is 0 Å². The van der Waals surface area contributed by atoms with Crippen LogP contribution in [0.4, 0.5) is 5.13 Å². The van der Waals surface area contributed by atoms with E-state index in [4.69, 9.17) is 16.3 Å². The van der Waals surface area contributed by atoms with Crippen molar-refractivity contribution in [3.63, 3.8) is 0 Å². The Morgan fingerprint density at radius 1 is 1.15 bits per heavy atom. The van der Waals surface area contributed by atoms with E-state index in [1.165, 1.54) is 11.3 Å². The molecule has 0 saturated carbocycles. The maximum absolute atomic E-state index is 12.1. The molecule has 1 amide bonds. The van der Waals surface area contributed by atoms with Gasteiger partial charge in [-0.2, -0.15) is 0 Å². The molecule has 0 saturated heterocycles. The van der Waals surface area contributed by atoms with Crippen LogP contribution in [-0.2, 0) is 4.79 Å². The molecule has 8 heteroatoms. The highest BCUT2D eigenvalue weighted by atomic mass is 35.5. The molecule has 3 aromatic rings. The number of nitrogens with zero attached hydrogens (tertiary/aromatic N) is 2. The summed E-state index contributed by atoms with van der Waals surface area (Å²) < 4.78 is 5.14. The highest BCUT2D eigenvalue weighted by molar-refractivity contribution is 7.99. The van der Waals surface area contributed by atoms with Gasteiger partial charge in [-0.1, -0.05) is 22.9 Å². The van der Waals surface area contributed by atoms with E-state index in [9.17, 15) is 4.79 Å². The predicted octanol–water partition coefficient (Wildman–Crippen LogP) is 4.99. The second kappa shape index (κ2) is 9.02. The summed E-state index contributed by atoms with van der Waals surface area (Å²) >= 11 is 8.81. The number of aromatic nitrogens is 2. The molecule has 0 radical (unpaired) electrons. The van der Waals surface area contributed by atoms with Crippen LogP contribution in [0.1, 0.15) is 6.42 Å². The van der Waals surface area contributed by atoms with E-state index in [0.717, 1.165) is 21.2 Å². The lowest BCUT2D eigenvalue weighted by Gasteiger charge is -2.02. The van der Waals surface area contributed by atoms with Crippen molar-refractivity contribution in [1.82, 2.24) is 10.2 Å². The summed E-state index contributed by atoms with van der Waals surface area (Å²) in [4.78, 5) is 13.1. The molecule has 0 aliphatic carbocycles. The SMILES string of the molecule is COc1ccc(-c2nnc(NC(=O)CCSc3ccc(Cl)cc3)s2)cc1. The summed E-state index contributed by atoms with van der Waals surface area (Å²) in [5.74, 6) is 1.38. The fourth-order valence-corrected chi connectivity index (χ4v) is 3.84. The van der Waals surface area contributed by atoms with Crippen molar-refractivity contribution in [2.24, 2.45) is 0 Å². The van der Waals surface area contributed by atoms with Gasteiger partial charge in [-0.25, -0.2) is 0 Å². The fraction of sp³-hybridized carbons (Fsp3) is 0.167. The number of ether oxygens (including phenoxy) is 1. The molecule has 0 atom stereocenters. The van der Waals surface area contributed by atoms with Crippen LogP contribution < -0.4 is 10.1 Å². The second-order valence-electron chi connectivity index (χ2n) is 5.24. The zero-order valence-electron chi connectivity index (χ0n) is 13.9. The molecule has 5 nitrogen and oxygen atoms in total. The topological polar surface area (TPSA) is 64.1 Å². The van der Waals surface area contributed by atoms with Gasteiger partial charge in [0.25, 0.3) is 0 Å². The summed E-state index contributed by atoms with van der Waals surface area (Å²) in [6, 6.07) is 15.1. The Morgan fingerprint density at radius 3 is 2.58 bits per heavy atom. The highest BCUT2D eigenvalue weighted by Crippen LogP contribution is 2.28. The van der Waals surface area contributed by atoms with E-state index in [1.807, 2.05) is 48.5 Å². The monoisotopic (exact) mass is 405 g/mol. The van der Waals surface area contributed by atoms with Gasteiger partial charge in [0.05, 0.1) is 7.11 Å². The predicted molar refractivity (Wildman–Crippen MR) is 107 cm³/mol. The van der Waals surface area contributed by atoms with E-state index in [1.54, 1.807) is 18.9 Å². The molecule has 26 heavy (non-hydrogen) atoms. The van der Waals surface area contributed by atoms with E-state index in [2.05, 4.69) is 15.5 Å². The normalized spacial score (nSPS) is 10.5. The molecule has 3 rings (SSSR count). The third kappa shape index (κ3) is 5.20. The van der Waals surface area contributed by atoms with Crippen molar-refractivity contribution in [3.8, 4) is 16.3 Å². The third-order valence-electron chi connectivity index (χ3n) is 3.42. The molecular weight excluding hydrogens is 390 g/mol. The molecule has 0 fully saturated rings. The first kappa shape index (κ1) is 18.7. The van der Waals surface area contributed by atoms with Crippen LogP contribution in [0.2, 0.25) is 5.02 Å². The summed E-state index contributed by atoms with van der Waals surface area (Å²) in [7, 11) is 1.62. The number of carbonyl (C=O) groups is 1. The van der Waals surface area contributed by atoms with Crippen molar-refractivity contribution >= 4 is 45.7 Å². The number of thioether (sulfide) groups is 1. The highest BCUT2D eigenvalue weighted by Gasteiger charge is 2.10. The van der Waals surface area contributed by atoms with E-state index in [-0.39, 0.29) is 5.91 Å². The van der Waals surface area contributed by atoms with Crippen LogP contribution in [0.3, 0.4) is 0 Å². The minimum absolute atomic E-state index is 0.0797. The lowest BCUT2D eigenvalue weighted by molar-refractivity contribution is -0.115. The zero-order valence-corrected chi connectivity index (χ0v) is 16.3. The van der Waals surface area contributed by atoms with Crippen LogP contribution >= 0.6 is 34.7 Å². The lowest BCUT2D eigenvalue weighted by atomic mass is 10.2. The zero-order chi connectivity index (χ0) is 18.4. The second-order valence-corrected chi connectivity index (χ2v) is 7.82. The average Bonchev–Trinajstić information content (AvgIpc) is 3.12. The molecule has 1 N–H and O–H groups in total. The van der Waals surface area contributed by atoms with Crippen molar-refractivity contribution < 1.29 is 9.53 Å². The van der Waals surface area contributed by atoms with Gasteiger partial charge in [-0.05, 0) is 48.5 Å². The first-order chi connectivity index (χ1) is 12.6. The number of amides is 1. The molecular formula is C18H16ClN3O2S2. The number of hydrogen-bond donors (Lipinski definition) is 1. The number of carbonyl (C=O) groups excluding carboxylic acids is 1. The largest absolute Gasteiger partial charge is 0.497 e. The van der Waals surface area contributed by atoms with Crippen molar-refractivity contribution in [2.75, 3.05) is 18.2 Å². The van der Waals surface area contributed by atoms with Gasteiger partial charge < -0.3 is 10.1 Å². The number of rotatable bonds is 7. The quantitative estimate of drug-likeness (QED) is 0.561. The van der Waals surface area contributed by atoms with Crippen LogP contribution in [0.5, 0.6) is 5.75 Å². The Labute approximate surface area is 164 Å². The first-order valence-electron chi connectivity index (χ1n) is 7.80. The lowest BCUT2D eigenvalue weighted by Crippen LogP contribution is -2.11. The van der Waals surface area contributed by atoms with Crippen molar-refractivity contribution in [1.29, 1.82) is 0 Å². The number of hydrogen-bond acceptors (Lipinski definition) is 6. The number of benzene rings is 2. The molecule has 1 aromatic heterocycles. The molecule has 2 aromatic carbocycles. The molecule has 1 heterocycles. The average molecular weight is 406 g/mol. The van der Waals surface area contributed by atoms with Gasteiger partial charge in [0.1, 0.15) is 10.8 Å². The first-order valence-corrected chi connectivity index (χ1v) is 9.98. The smallest absolute Gasteiger partial charge is 0.227 e. The third-order valence-corrected chi connectivity index (χ3v) is 5.57. The Kier molecular flexibility index (Phi) is 6.49. The van der Waals surface area contributed by atoms with Gasteiger partial charge in [0.2, 0.25) is 11.0 Å². The van der Waals surface area contributed by atoms with E-state index >= 15 is 0 Å². The Bertz CT molecular complexity index is 867. The maximum atomic E-state index is 12.1. The molecule has 0 bridgehead atoms. The number of halogens is 1. The molecule has 0 unspecified atom stereocenters. The van der Waals surface area contributed by atoms with Crippen LogP contribution in [0.15, 0.2) is 53.4 Å². The van der Waals surface area contributed by atoms with Gasteiger partial charge in [-0.15, -0.1) is 22.0 Å². The Hall–Kier alpha value is -2.09. The van der Waals surface area contributed by atoms with Gasteiger partial charge >= 0.3 is 0 Å². The summed E-state index contributed by atoms with van der Waals surface area (Å²) in [5, 5.41) is 12.9. The minimum atomic E-state index is -0.0797. The van der Waals surface area contributed by atoms with Gasteiger partial charge in [0, 0.05) is 27.7 Å². The van der Waals surface area contributed by atoms with Crippen molar-refractivity contribution in [3.05, 3.63) is 53.6 Å². The van der Waals surface area contributed by atoms with Crippen molar-refractivity contribution in [2.45, 2.75) is 11.3 Å². The Morgan fingerprint density at radius 2 is 1.88 bits per heavy atom. The summed E-state index contributed by atoms with van der Waals surface area (Å²) in [6.45, 7) is 0. The van der Waals surface area contributed by atoms with Crippen LogP contribution in [-0.4, -0.2) is 29.0 Å². The fourth-order valence-electron chi connectivity index (χ4n) is 2.10. The van der Waals surface area contributed by atoms with Crippen LogP contribution in [0, 0.1) is 0 Å². The van der Waals surface area contributed by atoms with Gasteiger partial charge in [-0.3, -0.25) is 4.79 Å². The summed E-state index contributed by atoms with van der Waals surface area (Å²) in [6.07, 6.45) is 0.394. The number of nitrogens with one attached hydrogen (secondary N) is 1. The van der Waals surface area contributed by atoms with E-state index in [0.29, 0.717) is 22.3 Å². The Balaban J connectivity index is 1.50. The maximum Gasteiger partial charge on any atom is 0.227 e. The van der Waals surface area contributed by atoms with E-state index < -0.39 is 0 Å². The molecule has 0 aliphatic rings.